The predicted molar refractivity (Wildman–Crippen MR) is 67.8 cm³/mol. The maximum Gasteiger partial charge on any atom is 0.245 e. The van der Waals surface area contributed by atoms with E-state index in [2.05, 4.69) is 5.10 Å². The minimum Gasteiger partial charge on any atom is -0.506 e. The Morgan fingerprint density at radius 3 is 2.75 bits per heavy atom. The monoisotopic (exact) mass is 286 g/mol. The van der Waals surface area contributed by atoms with Gasteiger partial charge in [-0.05, 0) is 25.5 Å². The Labute approximate surface area is 114 Å². The van der Waals surface area contributed by atoms with Gasteiger partial charge in [0.15, 0.2) is 6.29 Å². The number of hydrogen-bond acceptors (Lipinski definition) is 4. The van der Waals surface area contributed by atoms with Crippen molar-refractivity contribution in [1.29, 1.82) is 0 Å². The third-order valence-electron chi connectivity index (χ3n) is 3.08. The van der Waals surface area contributed by atoms with Crippen molar-refractivity contribution in [3.63, 3.8) is 0 Å². The number of rotatable bonds is 5. The first-order chi connectivity index (χ1) is 9.33. The number of ether oxygens (including phenoxy) is 1. The van der Waals surface area contributed by atoms with Gasteiger partial charge in [-0.2, -0.15) is 5.10 Å². The molecule has 0 aliphatic heterocycles. The molecule has 0 bridgehead atoms. The summed E-state index contributed by atoms with van der Waals surface area (Å²) in [6, 6.07) is 2.94. The quantitative estimate of drug-likeness (QED) is 0.827. The van der Waals surface area contributed by atoms with Crippen LogP contribution in [0.2, 0.25) is 0 Å². The Bertz CT molecular complexity index is 607. The number of aryl methyl sites for hydroxylation is 1. The first-order valence-corrected chi connectivity index (χ1v) is 6.10. The number of pyridine rings is 1. The van der Waals surface area contributed by atoms with Gasteiger partial charge in [0.05, 0.1) is 23.0 Å². The molecule has 0 aromatic carbocycles. The van der Waals surface area contributed by atoms with Crippen LogP contribution in [0.1, 0.15) is 30.9 Å². The van der Waals surface area contributed by atoms with Crippen molar-refractivity contribution in [2.75, 3.05) is 7.11 Å². The molecule has 0 aliphatic rings. The number of methoxy groups -OCH3 is 1. The van der Waals surface area contributed by atoms with E-state index in [1.54, 1.807) is 6.07 Å². The molecule has 1 atom stereocenters. The molecule has 20 heavy (non-hydrogen) atoms. The summed E-state index contributed by atoms with van der Waals surface area (Å²) in [7, 11) is 1.34. The first-order valence-electron chi connectivity index (χ1n) is 6.10. The summed E-state index contributed by atoms with van der Waals surface area (Å²) < 4.78 is 32.1. The molecular formula is C13H16F2N2O3. The average Bonchev–Trinajstić information content (AvgIpc) is 2.79. The van der Waals surface area contributed by atoms with Crippen molar-refractivity contribution < 1.29 is 23.7 Å². The largest absolute Gasteiger partial charge is 0.506 e. The molecule has 5 nitrogen and oxygen atoms in total. The van der Waals surface area contributed by atoms with E-state index in [0.717, 1.165) is 6.92 Å². The third-order valence-corrected chi connectivity index (χ3v) is 3.08. The summed E-state index contributed by atoms with van der Waals surface area (Å²) in [5, 5.41) is 23.5. The first kappa shape index (κ1) is 14.7. The lowest BCUT2D eigenvalue weighted by Crippen LogP contribution is -2.12. The minimum absolute atomic E-state index is 0.0309. The molecular weight excluding hydrogens is 270 g/mol. The summed E-state index contributed by atoms with van der Waals surface area (Å²) in [6.45, 7) is 0.827. The molecule has 0 aliphatic carbocycles. The lowest BCUT2D eigenvalue weighted by atomic mass is 10.1. The van der Waals surface area contributed by atoms with E-state index in [0.29, 0.717) is 11.1 Å². The number of hydrogen-bond donors (Lipinski definition) is 2. The Balaban J connectivity index is 2.43. The van der Waals surface area contributed by atoms with Gasteiger partial charge in [-0.3, -0.25) is 0 Å². The third kappa shape index (κ3) is 2.88. The van der Waals surface area contributed by atoms with Crippen molar-refractivity contribution in [2.24, 2.45) is 0 Å². The standard InChI is InChI=1S/C13H16F2N2O3/c1-13(14,15)6-5-10-11(18)4-3-9-8(12(19)20-2)7-16-17(9)10/h3-4,7,12,18-19H,5-6H2,1-2H3. The fourth-order valence-corrected chi connectivity index (χ4v) is 2.00. The number of nitrogens with zero attached hydrogens (tertiary/aromatic N) is 2. The van der Waals surface area contributed by atoms with E-state index >= 15 is 0 Å². The van der Waals surface area contributed by atoms with Crippen LogP contribution in [-0.2, 0) is 11.2 Å². The summed E-state index contributed by atoms with van der Waals surface area (Å²) in [5.41, 5.74) is 1.20. The topological polar surface area (TPSA) is 67.0 Å². The minimum atomic E-state index is -2.82. The summed E-state index contributed by atoms with van der Waals surface area (Å²) in [5.74, 6) is -2.93. The zero-order valence-corrected chi connectivity index (χ0v) is 11.2. The van der Waals surface area contributed by atoms with E-state index in [4.69, 9.17) is 4.74 Å². The maximum absolute atomic E-state index is 13.0. The zero-order chi connectivity index (χ0) is 14.9. The molecule has 2 N–H and O–H groups in total. The smallest absolute Gasteiger partial charge is 0.245 e. The summed E-state index contributed by atoms with van der Waals surface area (Å²) in [6.07, 6.45) is -0.202. The van der Waals surface area contributed by atoms with Crippen LogP contribution in [-0.4, -0.2) is 32.9 Å². The number of aromatic nitrogens is 2. The van der Waals surface area contributed by atoms with Gasteiger partial charge in [-0.25, -0.2) is 13.3 Å². The number of halogens is 2. The van der Waals surface area contributed by atoms with Gasteiger partial charge < -0.3 is 14.9 Å². The molecule has 110 valence electrons. The molecule has 2 aromatic rings. The van der Waals surface area contributed by atoms with Gasteiger partial charge in [0, 0.05) is 13.5 Å². The zero-order valence-electron chi connectivity index (χ0n) is 11.2. The molecule has 0 fully saturated rings. The van der Waals surface area contributed by atoms with Gasteiger partial charge in [-0.1, -0.05) is 0 Å². The van der Waals surface area contributed by atoms with Crippen molar-refractivity contribution >= 4 is 5.52 Å². The SMILES string of the molecule is COC(O)c1cnn2c(CCC(C)(F)F)c(O)ccc12. The Morgan fingerprint density at radius 1 is 1.45 bits per heavy atom. The number of aliphatic hydroxyl groups excluding tert-OH is 1. The van der Waals surface area contributed by atoms with E-state index in [1.165, 1.54) is 23.9 Å². The lowest BCUT2D eigenvalue weighted by molar-refractivity contribution is -0.0759. The second-order valence-corrected chi connectivity index (χ2v) is 4.72. The molecule has 0 amide bonds. The van der Waals surface area contributed by atoms with Crippen LogP contribution >= 0.6 is 0 Å². The number of aliphatic hydroxyl groups is 1. The lowest BCUT2D eigenvalue weighted by Gasteiger charge is -2.12. The molecule has 2 aromatic heterocycles. The highest BCUT2D eigenvalue weighted by atomic mass is 19.3. The van der Waals surface area contributed by atoms with Crippen molar-refractivity contribution in [3.8, 4) is 5.75 Å². The molecule has 0 spiro atoms. The normalized spacial score (nSPS) is 13.8. The van der Waals surface area contributed by atoms with Gasteiger partial charge in [0.1, 0.15) is 5.75 Å². The van der Waals surface area contributed by atoms with E-state index in [9.17, 15) is 19.0 Å². The molecule has 0 radical (unpaired) electrons. The number of alkyl halides is 2. The van der Waals surface area contributed by atoms with Crippen molar-refractivity contribution in [2.45, 2.75) is 32.0 Å². The highest BCUT2D eigenvalue weighted by molar-refractivity contribution is 5.57. The van der Waals surface area contributed by atoms with E-state index < -0.39 is 18.6 Å². The molecule has 2 heterocycles. The van der Waals surface area contributed by atoms with Crippen LogP contribution in [0.25, 0.3) is 5.52 Å². The molecule has 2 rings (SSSR count). The van der Waals surface area contributed by atoms with E-state index in [-0.39, 0.29) is 17.9 Å². The fraction of sp³-hybridized carbons (Fsp3) is 0.462. The predicted octanol–water partition coefficient (Wildman–Crippen LogP) is 2.27. The Hall–Kier alpha value is -1.73. The second kappa shape index (κ2) is 5.34. The molecule has 7 heteroatoms. The van der Waals surface area contributed by atoms with Gasteiger partial charge >= 0.3 is 0 Å². The number of aromatic hydroxyl groups is 1. The molecule has 0 saturated heterocycles. The average molecular weight is 286 g/mol. The van der Waals surface area contributed by atoms with Crippen LogP contribution in [0.5, 0.6) is 5.75 Å². The van der Waals surface area contributed by atoms with Crippen LogP contribution in [0.3, 0.4) is 0 Å². The Kier molecular flexibility index (Phi) is 3.92. The van der Waals surface area contributed by atoms with Crippen LogP contribution in [0.15, 0.2) is 18.3 Å². The van der Waals surface area contributed by atoms with E-state index in [1.807, 2.05) is 0 Å². The van der Waals surface area contributed by atoms with Gasteiger partial charge in [0.25, 0.3) is 0 Å². The maximum atomic E-state index is 13.0. The summed E-state index contributed by atoms with van der Waals surface area (Å²) in [4.78, 5) is 0. The van der Waals surface area contributed by atoms with Crippen LogP contribution < -0.4 is 0 Å². The summed E-state index contributed by atoms with van der Waals surface area (Å²) >= 11 is 0. The van der Waals surface area contributed by atoms with Crippen LogP contribution in [0.4, 0.5) is 8.78 Å². The molecule has 0 saturated carbocycles. The van der Waals surface area contributed by atoms with Crippen molar-refractivity contribution in [1.82, 2.24) is 9.61 Å². The highest BCUT2D eigenvalue weighted by Crippen LogP contribution is 2.28. The van der Waals surface area contributed by atoms with Gasteiger partial charge in [0.2, 0.25) is 5.92 Å². The molecule has 1 unspecified atom stereocenters. The van der Waals surface area contributed by atoms with Crippen LogP contribution in [0, 0.1) is 0 Å². The Morgan fingerprint density at radius 2 is 2.15 bits per heavy atom. The number of fused-ring (bicyclic) bond motifs is 1. The second-order valence-electron chi connectivity index (χ2n) is 4.72. The fourth-order valence-electron chi connectivity index (χ4n) is 2.00. The van der Waals surface area contributed by atoms with Crippen molar-refractivity contribution in [3.05, 3.63) is 29.6 Å². The highest BCUT2D eigenvalue weighted by Gasteiger charge is 2.23. The van der Waals surface area contributed by atoms with Gasteiger partial charge in [-0.15, -0.1) is 0 Å².